The summed E-state index contributed by atoms with van der Waals surface area (Å²) >= 11 is 0. The third-order valence-corrected chi connectivity index (χ3v) is 3.97. The maximum atomic E-state index is 12.2. The van der Waals surface area contributed by atoms with E-state index in [0.717, 1.165) is 18.7 Å². The van der Waals surface area contributed by atoms with Crippen LogP contribution in [0.5, 0.6) is 5.88 Å². The van der Waals surface area contributed by atoms with E-state index in [9.17, 15) is 24.0 Å². The molecule has 1 unspecified atom stereocenters. The van der Waals surface area contributed by atoms with Crippen molar-refractivity contribution in [2.75, 3.05) is 34.2 Å². The van der Waals surface area contributed by atoms with Crippen molar-refractivity contribution >= 4 is 29.8 Å². The molecule has 0 aromatic carbocycles. The van der Waals surface area contributed by atoms with Gasteiger partial charge in [0.15, 0.2) is 0 Å². The summed E-state index contributed by atoms with van der Waals surface area (Å²) in [5.74, 6) is -4.58. The average molecular weight is 495 g/mol. The molecule has 13 nitrogen and oxygen atoms in total. The van der Waals surface area contributed by atoms with Crippen LogP contribution in [0.25, 0.3) is 0 Å². The zero-order valence-corrected chi connectivity index (χ0v) is 19.7. The number of aliphatic carboxylic acids is 4. The van der Waals surface area contributed by atoms with Crippen LogP contribution in [-0.2, 0) is 19.2 Å². The van der Waals surface area contributed by atoms with Crippen LogP contribution in [0.1, 0.15) is 22.5 Å². The molecule has 0 saturated heterocycles. The largest absolute Gasteiger partial charge is 0.478 e. The van der Waals surface area contributed by atoms with Crippen molar-refractivity contribution in [3.63, 3.8) is 0 Å². The van der Waals surface area contributed by atoms with Gasteiger partial charge in [-0.1, -0.05) is 0 Å². The van der Waals surface area contributed by atoms with Crippen LogP contribution in [0.15, 0.2) is 36.4 Å². The molecule has 1 aliphatic heterocycles. The molecule has 0 radical (unpaired) electrons. The van der Waals surface area contributed by atoms with Gasteiger partial charge in [0.05, 0.1) is 6.54 Å². The standard InChI is InChI=1S/C14H21N3O2.2C4H4O4/c1-10-5-6-12-13(15-10)19-11(7-8-16(2)3)9-17(4)14(12)18;2*5-3(6)1-2-4(7)8/h5-6,11H,7-9H2,1-4H3;2*1-2H,(H,5,6)(H,7,8)/b;2*2-1+. The van der Waals surface area contributed by atoms with Gasteiger partial charge in [-0.05, 0) is 39.6 Å². The first-order chi connectivity index (χ1) is 16.2. The number of pyridine rings is 1. The molecule has 0 aliphatic carbocycles. The number of hydrogen-bond acceptors (Lipinski definition) is 8. The van der Waals surface area contributed by atoms with E-state index in [1.54, 1.807) is 11.0 Å². The van der Waals surface area contributed by atoms with E-state index in [2.05, 4.69) is 9.88 Å². The van der Waals surface area contributed by atoms with Gasteiger partial charge in [0.25, 0.3) is 5.91 Å². The second-order valence-electron chi connectivity index (χ2n) is 7.34. The van der Waals surface area contributed by atoms with E-state index in [1.807, 2.05) is 34.1 Å². The fourth-order valence-electron chi connectivity index (χ4n) is 2.41. The number of ether oxygens (including phenoxy) is 1. The topological polar surface area (TPSA) is 195 Å². The van der Waals surface area contributed by atoms with Crippen molar-refractivity contribution in [2.24, 2.45) is 0 Å². The monoisotopic (exact) mass is 495 g/mol. The van der Waals surface area contributed by atoms with E-state index in [1.165, 1.54) is 0 Å². The van der Waals surface area contributed by atoms with Crippen LogP contribution in [0.2, 0.25) is 0 Å². The van der Waals surface area contributed by atoms with Gasteiger partial charge in [0, 0.05) is 43.6 Å². The van der Waals surface area contributed by atoms with E-state index in [0.29, 0.717) is 42.3 Å². The summed E-state index contributed by atoms with van der Waals surface area (Å²) < 4.78 is 5.93. The number of carbonyl (C=O) groups is 5. The summed E-state index contributed by atoms with van der Waals surface area (Å²) in [5, 5.41) is 31.2. The van der Waals surface area contributed by atoms with Crippen molar-refractivity contribution in [1.82, 2.24) is 14.8 Å². The van der Waals surface area contributed by atoms with Gasteiger partial charge < -0.3 is 35.0 Å². The molecule has 0 saturated carbocycles. The Morgan fingerprint density at radius 1 is 1.00 bits per heavy atom. The van der Waals surface area contributed by atoms with Gasteiger partial charge in [0.2, 0.25) is 5.88 Å². The maximum absolute atomic E-state index is 12.2. The van der Waals surface area contributed by atoms with Crippen molar-refractivity contribution in [3.05, 3.63) is 47.7 Å². The number of fused-ring (bicyclic) bond motifs is 1. The normalized spacial score (nSPS) is 14.7. The zero-order chi connectivity index (χ0) is 27.1. The van der Waals surface area contributed by atoms with E-state index in [-0.39, 0.29) is 12.0 Å². The number of carbonyl (C=O) groups excluding carboxylic acids is 1. The second kappa shape index (κ2) is 15.6. The minimum Gasteiger partial charge on any atom is -0.478 e. The molecule has 1 aliphatic rings. The first kappa shape index (κ1) is 30.7. The predicted octanol–water partition coefficient (Wildman–Crippen LogP) is 0.598. The highest BCUT2D eigenvalue weighted by atomic mass is 16.5. The fourth-order valence-corrected chi connectivity index (χ4v) is 2.41. The number of aryl methyl sites for hydroxylation is 1. The Kier molecular flexibility index (Phi) is 13.7. The number of hydrogen-bond donors (Lipinski definition) is 4. The Labute approximate surface area is 201 Å². The number of carboxylic acids is 4. The van der Waals surface area contributed by atoms with Gasteiger partial charge in [-0.2, -0.15) is 0 Å². The molecule has 1 atom stereocenters. The molecular weight excluding hydrogens is 466 g/mol. The maximum Gasteiger partial charge on any atom is 0.328 e. The highest BCUT2D eigenvalue weighted by Crippen LogP contribution is 2.23. The first-order valence-corrected chi connectivity index (χ1v) is 10.0. The smallest absolute Gasteiger partial charge is 0.328 e. The molecule has 192 valence electrons. The first-order valence-electron chi connectivity index (χ1n) is 10.0. The number of nitrogens with zero attached hydrogens (tertiary/aromatic N) is 3. The molecule has 2 heterocycles. The number of rotatable bonds is 7. The molecule has 35 heavy (non-hydrogen) atoms. The molecule has 0 fully saturated rings. The molecule has 2 rings (SSSR count). The minimum atomic E-state index is -1.26. The third-order valence-electron chi connectivity index (χ3n) is 3.97. The highest BCUT2D eigenvalue weighted by molar-refractivity contribution is 5.96. The fraction of sp³-hybridized carbons (Fsp3) is 0.364. The summed E-state index contributed by atoms with van der Waals surface area (Å²) in [6, 6.07) is 3.64. The van der Waals surface area contributed by atoms with Crippen LogP contribution in [0, 0.1) is 6.92 Å². The molecular formula is C22H29N3O10. The Morgan fingerprint density at radius 3 is 1.86 bits per heavy atom. The second-order valence-corrected chi connectivity index (χ2v) is 7.34. The van der Waals surface area contributed by atoms with E-state index in [4.69, 9.17) is 25.2 Å². The lowest BCUT2D eigenvalue weighted by molar-refractivity contribution is -0.134. The number of aromatic nitrogens is 1. The average Bonchev–Trinajstić information content (AvgIpc) is 2.86. The zero-order valence-electron chi connectivity index (χ0n) is 19.7. The highest BCUT2D eigenvalue weighted by Gasteiger charge is 2.27. The summed E-state index contributed by atoms with van der Waals surface area (Å²) in [4.78, 5) is 58.6. The molecule has 1 amide bonds. The molecule has 1 aromatic heterocycles. The van der Waals surface area contributed by atoms with Crippen molar-refractivity contribution in [2.45, 2.75) is 19.4 Å². The van der Waals surface area contributed by atoms with Crippen molar-refractivity contribution in [3.8, 4) is 5.88 Å². The SMILES string of the molecule is Cc1ccc2c(n1)OC(CCN(C)C)CN(C)C2=O.O=C(O)/C=C/C(=O)O.O=C(O)/C=C/C(=O)O. The van der Waals surface area contributed by atoms with Crippen LogP contribution in [-0.4, -0.2) is 105 Å². The van der Waals surface area contributed by atoms with Crippen LogP contribution >= 0.6 is 0 Å². The van der Waals surface area contributed by atoms with E-state index < -0.39 is 23.9 Å². The molecule has 1 aromatic rings. The lowest BCUT2D eigenvalue weighted by atomic mass is 10.2. The predicted molar refractivity (Wildman–Crippen MR) is 122 cm³/mol. The lowest BCUT2D eigenvalue weighted by Crippen LogP contribution is -2.35. The van der Waals surface area contributed by atoms with Crippen molar-refractivity contribution < 1.29 is 49.1 Å². The molecule has 0 bridgehead atoms. The van der Waals surface area contributed by atoms with Gasteiger partial charge in [-0.25, -0.2) is 24.2 Å². The van der Waals surface area contributed by atoms with Gasteiger partial charge >= 0.3 is 23.9 Å². The third kappa shape index (κ3) is 14.5. The van der Waals surface area contributed by atoms with Crippen LogP contribution in [0.4, 0.5) is 0 Å². The van der Waals surface area contributed by atoms with Crippen molar-refractivity contribution in [1.29, 1.82) is 0 Å². The summed E-state index contributed by atoms with van der Waals surface area (Å²) in [5.41, 5.74) is 1.42. The Bertz CT molecular complexity index is 906. The molecule has 4 N–H and O–H groups in total. The minimum absolute atomic E-state index is 0.00750. The van der Waals surface area contributed by atoms with Crippen LogP contribution < -0.4 is 4.74 Å². The lowest BCUT2D eigenvalue weighted by Gasteiger charge is -2.21. The number of likely N-dealkylation sites (N-methyl/N-ethyl adjacent to an activating group) is 1. The Morgan fingerprint density at radius 2 is 1.46 bits per heavy atom. The van der Waals surface area contributed by atoms with Gasteiger partial charge in [-0.15, -0.1) is 0 Å². The molecule has 0 spiro atoms. The van der Waals surface area contributed by atoms with Crippen LogP contribution in [0.3, 0.4) is 0 Å². The number of carboxylic acid groups (broad SMARTS) is 4. The van der Waals surface area contributed by atoms with E-state index >= 15 is 0 Å². The summed E-state index contributed by atoms with van der Waals surface area (Å²) in [7, 11) is 5.87. The Balaban J connectivity index is 0.000000601. The quantitative estimate of drug-likeness (QED) is 0.385. The number of amides is 1. The summed E-state index contributed by atoms with van der Waals surface area (Å²) in [6.45, 7) is 3.42. The molecule has 13 heteroatoms. The van der Waals surface area contributed by atoms with Gasteiger partial charge in [-0.3, -0.25) is 4.79 Å². The Hall–Kier alpha value is -4.26. The summed E-state index contributed by atoms with van der Waals surface area (Å²) in [6.07, 6.45) is 3.10. The van der Waals surface area contributed by atoms with Gasteiger partial charge in [0.1, 0.15) is 11.7 Å².